The van der Waals surface area contributed by atoms with Gasteiger partial charge in [-0.05, 0) is 0 Å². The first-order chi connectivity index (χ1) is 6.79. The molecule has 2 rings (SSSR count). The van der Waals surface area contributed by atoms with Crippen LogP contribution in [0.4, 0.5) is 0 Å². The Balaban J connectivity index is 2.16. The molecule has 14 heavy (non-hydrogen) atoms. The summed E-state index contributed by atoms with van der Waals surface area (Å²) in [6.45, 7) is 4.19. The normalized spacial score (nSPS) is 15.3. The summed E-state index contributed by atoms with van der Waals surface area (Å²) in [6, 6.07) is 0. The SMILES string of the molecule is CC(c1cn[nH]n1)C(C)c1cn[nH]n1. The van der Waals surface area contributed by atoms with Crippen LogP contribution < -0.4 is 0 Å². The molecule has 0 saturated carbocycles. The third-order valence-corrected chi connectivity index (χ3v) is 2.55. The van der Waals surface area contributed by atoms with Gasteiger partial charge in [0.25, 0.3) is 0 Å². The number of aromatic amines is 2. The highest BCUT2D eigenvalue weighted by Gasteiger charge is 2.20. The summed E-state index contributed by atoms with van der Waals surface area (Å²) in [5.74, 6) is 0.553. The quantitative estimate of drug-likeness (QED) is 0.754. The van der Waals surface area contributed by atoms with Crippen LogP contribution in [0.25, 0.3) is 0 Å². The first-order valence-electron chi connectivity index (χ1n) is 4.50. The van der Waals surface area contributed by atoms with Gasteiger partial charge in [0.1, 0.15) is 0 Å². The molecule has 0 aliphatic heterocycles. The lowest BCUT2D eigenvalue weighted by Crippen LogP contribution is -2.05. The summed E-state index contributed by atoms with van der Waals surface area (Å²) in [4.78, 5) is 0. The number of hydrogen-bond acceptors (Lipinski definition) is 4. The lowest BCUT2D eigenvalue weighted by molar-refractivity contribution is 0.590. The molecule has 6 heteroatoms. The largest absolute Gasteiger partial charge is 0.198 e. The van der Waals surface area contributed by atoms with Crippen LogP contribution in [0, 0.1) is 0 Å². The van der Waals surface area contributed by atoms with E-state index in [0.717, 1.165) is 11.4 Å². The van der Waals surface area contributed by atoms with Crippen LogP contribution in [-0.2, 0) is 0 Å². The molecule has 0 bridgehead atoms. The molecule has 2 N–H and O–H groups in total. The standard InChI is InChI=1S/C8H12N6/c1-5(7-3-9-13-11-7)6(2)8-4-10-14-12-8/h3-6H,1-2H3,(H,9,11,13)(H,10,12,14). The van der Waals surface area contributed by atoms with Gasteiger partial charge in [-0.1, -0.05) is 13.8 Å². The Morgan fingerprint density at radius 2 is 1.36 bits per heavy atom. The van der Waals surface area contributed by atoms with Gasteiger partial charge in [0.15, 0.2) is 0 Å². The van der Waals surface area contributed by atoms with E-state index in [1.165, 1.54) is 0 Å². The van der Waals surface area contributed by atoms with Crippen LogP contribution in [-0.4, -0.2) is 30.8 Å². The minimum absolute atomic E-state index is 0.277. The predicted octanol–water partition coefficient (Wildman–Crippen LogP) is 0.830. The predicted molar refractivity (Wildman–Crippen MR) is 49.6 cm³/mol. The van der Waals surface area contributed by atoms with E-state index >= 15 is 0 Å². The third kappa shape index (κ3) is 1.50. The van der Waals surface area contributed by atoms with Crippen molar-refractivity contribution in [1.29, 1.82) is 0 Å². The van der Waals surface area contributed by atoms with Crippen LogP contribution in [0.3, 0.4) is 0 Å². The van der Waals surface area contributed by atoms with E-state index in [2.05, 4.69) is 44.7 Å². The van der Waals surface area contributed by atoms with Gasteiger partial charge in [-0.3, -0.25) is 0 Å². The molecule has 0 amide bonds. The monoisotopic (exact) mass is 192 g/mol. The second-order valence-corrected chi connectivity index (χ2v) is 3.37. The average Bonchev–Trinajstić information content (AvgIpc) is 2.87. The summed E-state index contributed by atoms with van der Waals surface area (Å²) in [5, 5.41) is 20.9. The second kappa shape index (κ2) is 3.57. The van der Waals surface area contributed by atoms with Crippen molar-refractivity contribution in [3.8, 4) is 0 Å². The van der Waals surface area contributed by atoms with Gasteiger partial charge in [0, 0.05) is 11.8 Å². The second-order valence-electron chi connectivity index (χ2n) is 3.37. The van der Waals surface area contributed by atoms with Crippen molar-refractivity contribution in [2.45, 2.75) is 25.7 Å². The maximum absolute atomic E-state index is 4.05. The zero-order valence-corrected chi connectivity index (χ0v) is 8.10. The summed E-state index contributed by atoms with van der Waals surface area (Å²) in [6.07, 6.45) is 3.47. The van der Waals surface area contributed by atoms with E-state index in [1.807, 2.05) is 0 Å². The van der Waals surface area contributed by atoms with Gasteiger partial charge in [-0.25, -0.2) is 0 Å². The summed E-state index contributed by atoms with van der Waals surface area (Å²) >= 11 is 0. The Bertz CT molecular complexity index is 326. The van der Waals surface area contributed by atoms with Gasteiger partial charge in [-0.15, -0.1) is 0 Å². The lowest BCUT2D eigenvalue weighted by atomic mass is 9.91. The fourth-order valence-electron chi connectivity index (χ4n) is 1.37. The first kappa shape index (κ1) is 8.86. The molecule has 74 valence electrons. The Labute approximate surface area is 81.1 Å². The minimum atomic E-state index is 0.277. The number of rotatable bonds is 3. The molecule has 2 aromatic heterocycles. The average molecular weight is 192 g/mol. The molecule has 0 radical (unpaired) electrons. The highest BCUT2D eigenvalue weighted by atomic mass is 15.3. The van der Waals surface area contributed by atoms with Gasteiger partial charge in [0.2, 0.25) is 0 Å². The topological polar surface area (TPSA) is 83.1 Å². The molecular formula is C8H12N6. The van der Waals surface area contributed by atoms with E-state index < -0.39 is 0 Å². The first-order valence-corrected chi connectivity index (χ1v) is 4.50. The fraction of sp³-hybridized carbons (Fsp3) is 0.500. The molecule has 2 aromatic rings. The molecule has 6 nitrogen and oxygen atoms in total. The molecular weight excluding hydrogens is 180 g/mol. The Hall–Kier alpha value is -1.72. The maximum Gasteiger partial charge on any atom is 0.0859 e. The van der Waals surface area contributed by atoms with Crippen LogP contribution in [0.15, 0.2) is 12.4 Å². The van der Waals surface area contributed by atoms with Crippen molar-refractivity contribution in [3.05, 3.63) is 23.8 Å². The molecule has 2 atom stereocenters. The van der Waals surface area contributed by atoms with E-state index in [0.29, 0.717) is 0 Å². The van der Waals surface area contributed by atoms with Crippen molar-refractivity contribution in [1.82, 2.24) is 30.8 Å². The van der Waals surface area contributed by atoms with Crippen LogP contribution in [0.5, 0.6) is 0 Å². The summed E-state index contributed by atoms with van der Waals surface area (Å²) in [7, 11) is 0. The van der Waals surface area contributed by atoms with E-state index in [1.54, 1.807) is 12.4 Å². The maximum atomic E-state index is 4.05. The molecule has 2 unspecified atom stereocenters. The van der Waals surface area contributed by atoms with E-state index in [4.69, 9.17) is 0 Å². The molecule has 0 fully saturated rings. The third-order valence-electron chi connectivity index (χ3n) is 2.55. The van der Waals surface area contributed by atoms with Crippen molar-refractivity contribution in [2.75, 3.05) is 0 Å². The van der Waals surface area contributed by atoms with Crippen molar-refractivity contribution in [3.63, 3.8) is 0 Å². The van der Waals surface area contributed by atoms with Crippen molar-refractivity contribution >= 4 is 0 Å². The van der Waals surface area contributed by atoms with E-state index in [9.17, 15) is 0 Å². The summed E-state index contributed by atoms with van der Waals surface area (Å²) < 4.78 is 0. The van der Waals surface area contributed by atoms with Crippen molar-refractivity contribution in [2.24, 2.45) is 0 Å². The molecule has 2 heterocycles. The number of H-pyrrole nitrogens is 2. The highest BCUT2D eigenvalue weighted by Crippen LogP contribution is 2.28. The molecule has 0 aromatic carbocycles. The fourth-order valence-corrected chi connectivity index (χ4v) is 1.37. The molecule has 0 aliphatic carbocycles. The van der Waals surface area contributed by atoms with Crippen molar-refractivity contribution < 1.29 is 0 Å². The summed E-state index contributed by atoms with van der Waals surface area (Å²) in [5.41, 5.74) is 1.89. The lowest BCUT2D eigenvalue weighted by Gasteiger charge is -2.14. The number of nitrogens with one attached hydrogen (secondary N) is 2. The smallest absolute Gasteiger partial charge is 0.0859 e. The van der Waals surface area contributed by atoms with Gasteiger partial charge in [-0.2, -0.15) is 30.8 Å². The number of nitrogens with zero attached hydrogens (tertiary/aromatic N) is 4. The minimum Gasteiger partial charge on any atom is -0.198 e. The van der Waals surface area contributed by atoms with Gasteiger partial charge >= 0.3 is 0 Å². The van der Waals surface area contributed by atoms with Crippen LogP contribution in [0.2, 0.25) is 0 Å². The zero-order chi connectivity index (χ0) is 9.97. The number of hydrogen-bond donors (Lipinski definition) is 2. The Kier molecular flexibility index (Phi) is 2.26. The Morgan fingerprint density at radius 3 is 1.64 bits per heavy atom. The highest BCUT2D eigenvalue weighted by molar-refractivity contribution is 5.11. The van der Waals surface area contributed by atoms with Gasteiger partial charge in [0.05, 0.1) is 23.8 Å². The van der Waals surface area contributed by atoms with E-state index in [-0.39, 0.29) is 11.8 Å². The van der Waals surface area contributed by atoms with Crippen LogP contribution >= 0.6 is 0 Å². The van der Waals surface area contributed by atoms with Gasteiger partial charge < -0.3 is 0 Å². The zero-order valence-electron chi connectivity index (χ0n) is 8.10. The molecule has 0 aliphatic rings. The molecule has 0 saturated heterocycles. The Morgan fingerprint density at radius 1 is 0.929 bits per heavy atom. The van der Waals surface area contributed by atoms with Crippen LogP contribution in [0.1, 0.15) is 37.1 Å². The molecule has 0 spiro atoms. The number of aromatic nitrogens is 6.